The zero-order valence-electron chi connectivity index (χ0n) is 37.5. The van der Waals surface area contributed by atoms with Crippen LogP contribution in [0.15, 0.2) is 0 Å². The van der Waals surface area contributed by atoms with Gasteiger partial charge in [-0.05, 0) is 78.6 Å². The van der Waals surface area contributed by atoms with E-state index in [0.29, 0.717) is 57.8 Å². The molecule has 0 spiro atoms. The van der Waals surface area contributed by atoms with Crippen LogP contribution in [0.2, 0.25) is 0 Å². The van der Waals surface area contributed by atoms with Crippen molar-refractivity contribution in [1.82, 2.24) is 0 Å². The lowest BCUT2D eigenvalue weighted by atomic mass is 9.74. The van der Waals surface area contributed by atoms with Gasteiger partial charge in [0, 0.05) is 0 Å². The highest BCUT2D eigenvalue weighted by molar-refractivity contribution is 7.48. The van der Waals surface area contributed by atoms with Crippen LogP contribution in [0.3, 0.4) is 0 Å². The lowest BCUT2D eigenvalue weighted by Gasteiger charge is -2.53. The van der Waals surface area contributed by atoms with Crippen molar-refractivity contribution in [3.05, 3.63) is 0 Å². The van der Waals surface area contributed by atoms with Crippen LogP contribution in [-0.2, 0) is 18.1 Å². The van der Waals surface area contributed by atoms with Gasteiger partial charge in [-0.3, -0.25) is 13.6 Å². The van der Waals surface area contributed by atoms with Crippen molar-refractivity contribution in [3.8, 4) is 0 Å². The second-order valence-corrected chi connectivity index (χ2v) is 18.9. The van der Waals surface area contributed by atoms with Crippen LogP contribution in [-0.4, -0.2) is 48.9 Å². The Morgan fingerprint density at radius 3 is 0.642 bits per heavy atom. The summed E-state index contributed by atoms with van der Waals surface area (Å²) in [5.74, 6) is 0. The molecule has 0 fully saturated rings. The van der Waals surface area contributed by atoms with E-state index in [4.69, 9.17) is 13.6 Å². The fraction of sp³-hybridized carbons (Fsp3) is 1.00. The minimum Gasteiger partial charge on any atom is -0.387 e. The second-order valence-electron chi connectivity index (χ2n) is 17.5. The van der Waals surface area contributed by atoms with E-state index >= 15 is 4.57 Å². The lowest BCUT2D eigenvalue weighted by Crippen LogP contribution is -2.58. The molecule has 0 aliphatic carbocycles. The van der Waals surface area contributed by atoms with Crippen LogP contribution in [0.4, 0.5) is 0 Å². The number of phosphoric ester groups is 1. The quantitative estimate of drug-likeness (QED) is 0.0544. The fourth-order valence-corrected chi connectivity index (χ4v) is 10.8. The lowest BCUT2D eigenvalue weighted by molar-refractivity contribution is -0.206. The number of phosphoric acid groups is 1. The van der Waals surface area contributed by atoms with E-state index in [1.165, 1.54) is 0 Å². The molecule has 0 radical (unpaired) electrons. The van der Waals surface area contributed by atoms with Gasteiger partial charge >= 0.3 is 7.82 Å². The third-order valence-corrected chi connectivity index (χ3v) is 14.2. The van der Waals surface area contributed by atoms with Gasteiger partial charge in [0.25, 0.3) is 0 Å². The molecular formula is C45H93O7P. The summed E-state index contributed by atoms with van der Waals surface area (Å²) in [4.78, 5) is 0. The summed E-state index contributed by atoms with van der Waals surface area (Å²) in [5, 5.41) is 37.9. The highest BCUT2D eigenvalue weighted by Crippen LogP contribution is 2.66. The molecule has 0 amide bonds. The molecule has 0 heterocycles. The summed E-state index contributed by atoms with van der Waals surface area (Å²) in [7, 11) is -4.69. The molecule has 3 atom stereocenters. The van der Waals surface area contributed by atoms with E-state index in [0.717, 1.165) is 116 Å². The standard InChI is InChI=1S/C45H93O7P/c1-13-22-31-40(10,46)43(34-25-16-4,35-26-17-5)50-53(49,51-44(36-27-18-6,37-28-19-7)41(11,47)32-23-14-2)52-45(38-29-20-8,39-30-21-9)42(12,48)33-24-15-3/h46-48H,13-39H2,1-12H3. The Labute approximate surface area is 330 Å². The molecule has 0 aromatic rings. The molecular weight excluding hydrogens is 683 g/mol. The average molecular weight is 777 g/mol. The van der Waals surface area contributed by atoms with Gasteiger partial charge < -0.3 is 15.3 Å². The number of aliphatic hydroxyl groups is 3. The molecule has 320 valence electrons. The Morgan fingerprint density at radius 2 is 0.491 bits per heavy atom. The Bertz CT molecular complexity index is 820. The predicted octanol–water partition coefficient (Wildman–Crippen LogP) is 14.3. The Hall–Kier alpha value is -0.0100. The van der Waals surface area contributed by atoms with Crippen LogP contribution in [0.5, 0.6) is 0 Å². The summed E-state index contributed by atoms with van der Waals surface area (Å²) < 4.78 is 38.4. The van der Waals surface area contributed by atoms with Gasteiger partial charge in [-0.25, -0.2) is 4.57 Å². The van der Waals surface area contributed by atoms with Crippen LogP contribution < -0.4 is 0 Å². The molecule has 0 aromatic heterocycles. The van der Waals surface area contributed by atoms with Crippen LogP contribution in [0.1, 0.15) is 256 Å². The van der Waals surface area contributed by atoms with E-state index in [1.54, 1.807) is 0 Å². The monoisotopic (exact) mass is 777 g/mol. The van der Waals surface area contributed by atoms with Gasteiger partial charge in [-0.15, -0.1) is 0 Å². The molecule has 0 aromatic carbocycles. The van der Waals surface area contributed by atoms with Crippen molar-refractivity contribution in [2.24, 2.45) is 0 Å². The zero-order valence-corrected chi connectivity index (χ0v) is 38.4. The largest absolute Gasteiger partial charge is 0.476 e. The van der Waals surface area contributed by atoms with Crippen molar-refractivity contribution in [2.45, 2.75) is 290 Å². The van der Waals surface area contributed by atoms with Crippen LogP contribution >= 0.6 is 7.82 Å². The maximum absolute atomic E-state index is 16.6. The fourth-order valence-electron chi connectivity index (χ4n) is 8.28. The molecule has 0 bridgehead atoms. The third kappa shape index (κ3) is 16.0. The number of hydrogen-bond acceptors (Lipinski definition) is 7. The molecule has 0 aliphatic heterocycles. The molecule has 3 unspecified atom stereocenters. The molecule has 0 rings (SSSR count). The van der Waals surface area contributed by atoms with E-state index in [9.17, 15) is 15.3 Å². The van der Waals surface area contributed by atoms with Crippen LogP contribution in [0, 0.1) is 0 Å². The van der Waals surface area contributed by atoms with Crippen LogP contribution in [0.25, 0.3) is 0 Å². The van der Waals surface area contributed by atoms with E-state index in [2.05, 4.69) is 62.3 Å². The third-order valence-electron chi connectivity index (χ3n) is 12.5. The second kappa shape index (κ2) is 26.1. The van der Waals surface area contributed by atoms with Gasteiger partial charge in [0.1, 0.15) is 16.8 Å². The van der Waals surface area contributed by atoms with Crippen molar-refractivity contribution >= 4 is 7.82 Å². The normalized spacial score (nSPS) is 17.6. The molecule has 0 saturated heterocycles. The van der Waals surface area contributed by atoms with E-state index in [-0.39, 0.29) is 0 Å². The summed E-state index contributed by atoms with van der Waals surface area (Å²) in [6, 6.07) is 0. The van der Waals surface area contributed by atoms with Crippen molar-refractivity contribution in [2.75, 3.05) is 0 Å². The summed E-state index contributed by atoms with van der Waals surface area (Å²) in [6.07, 6.45) is 19.6. The average Bonchev–Trinajstić information content (AvgIpc) is 3.12. The molecule has 3 N–H and O–H groups in total. The van der Waals surface area contributed by atoms with Gasteiger partial charge in [0.15, 0.2) is 0 Å². The predicted molar refractivity (Wildman–Crippen MR) is 227 cm³/mol. The first-order chi connectivity index (χ1) is 24.9. The van der Waals surface area contributed by atoms with Crippen molar-refractivity contribution in [3.63, 3.8) is 0 Å². The molecule has 7 nitrogen and oxygen atoms in total. The number of rotatable bonds is 36. The first kappa shape index (κ1) is 53.0. The minimum absolute atomic E-state index is 0.493. The Morgan fingerprint density at radius 1 is 0.340 bits per heavy atom. The molecule has 8 heteroatoms. The maximum atomic E-state index is 16.6. The Kier molecular flexibility index (Phi) is 26.1. The zero-order chi connectivity index (χ0) is 40.7. The van der Waals surface area contributed by atoms with Gasteiger partial charge in [0.2, 0.25) is 0 Å². The molecule has 0 saturated carbocycles. The maximum Gasteiger partial charge on any atom is 0.476 e. The highest BCUT2D eigenvalue weighted by atomic mass is 31.2. The first-order valence-electron chi connectivity index (χ1n) is 22.8. The summed E-state index contributed by atoms with van der Waals surface area (Å²) in [5.41, 5.74) is -7.65. The van der Waals surface area contributed by atoms with E-state index in [1.807, 2.05) is 20.8 Å². The van der Waals surface area contributed by atoms with Crippen molar-refractivity contribution in [1.29, 1.82) is 0 Å². The van der Waals surface area contributed by atoms with Gasteiger partial charge in [-0.2, -0.15) is 0 Å². The summed E-state index contributed by atoms with van der Waals surface area (Å²) >= 11 is 0. The first-order valence-corrected chi connectivity index (χ1v) is 24.3. The van der Waals surface area contributed by atoms with Gasteiger partial charge in [0.05, 0.1) is 16.8 Å². The number of hydrogen-bond donors (Lipinski definition) is 3. The molecule has 53 heavy (non-hydrogen) atoms. The highest BCUT2D eigenvalue weighted by Gasteiger charge is 2.61. The Balaban J connectivity index is 8.39. The topological polar surface area (TPSA) is 105 Å². The number of unbranched alkanes of at least 4 members (excludes halogenated alkanes) is 9. The summed E-state index contributed by atoms with van der Waals surface area (Å²) in [6.45, 7) is 24.7. The van der Waals surface area contributed by atoms with Crippen molar-refractivity contribution < 1.29 is 33.5 Å². The minimum atomic E-state index is -4.69. The SMILES string of the molecule is CCCCC(C)(O)C(CCCC)(CCCC)OP(=O)(OC(CCCC)(CCCC)C(C)(O)CCCC)OC(CCCC)(CCCC)C(C)(O)CCCC. The van der Waals surface area contributed by atoms with Gasteiger partial charge in [-0.1, -0.05) is 178 Å². The smallest absolute Gasteiger partial charge is 0.387 e. The molecule has 0 aliphatic rings. The van der Waals surface area contributed by atoms with E-state index < -0.39 is 41.4 Å².